The Kier molecular flexibility index (Phi) is 3.41. The van der Waals surface area contributed by atoms with Gasteiger partial charge in [0.15, 0.2) is 0 Å². The first kappa shape index (κ1) is 12.7. The van der Waals surface area contributed by atoms with E-state index in [1.165, 1.54) is 0 Å². The van der Waals surface area contributed by atoms with Crippen LogP contribution < -0.4 is 5.32 Å². The van der Waals surface area contributed by atoms with E-state index in [1.807, 2.05) is 19.9 Å². The Labute approximate surface area is 106 Å². The summed E-state index contributed by atoms with van der Waals surface area (Å²) >= 11 is 0. The van der Waals surface area contributed by atoms with Crippen molar-refractivity contribution in [3.63, 3.8) is 0 Å². The highest BCUT2D eigenvalue weighted by Gasteiger charge is 2.40. The third-order valence-electron chi connectivity index (χ3n) is 3.18. The summed E-state index contributed by atoms with van der Waals surface area (Å²) in [5.41, 5.74) is 0.899. The van der Waals surface area contributed by atoms with Crippen LogP contribution in [0.15, 0.2) is 23.0 Å². The molecule has 1 aliphatic heterocycles. The summed E-state index contributed by atoms with van der Waals surface area (Å²) in [7, 11) is 0. The molecule has 2 rings (SSSR count). The predicted octanol–water partition coefficient (Wildman–Crippen LogP) is 1.15. The number of nitrogens with one attached hydrogen (secondary N) is 1. The van der Waals surface area contributed by atoms with E-state index in [0.717, 1.165) is 5.56 Å². The minimum absolute atomic E-state index is 0.0468. The molecule has 0 aliphatic carbocycles. The standard InChI is InChI=1S/C13H18N2O3/c1-8(2)11-12(16)14-9(3)13(17)15(11)6-10-4-5-18-7-10/h4-5,7-9,11H,6H2,1-3H3,(H,14,16). The Morgan fingerprint density at radius 3 is 2.72 bits per heavy atom. The average Bonchev–Trinajstić information content (AvgIpc) is 2.77. The third-order valence-corrected chi connectivity index (χ3v) is 3.18. The Morgan fingerprint density at radius 1 is 1.44 bits per heavy atom. The minimum Gasteiger partial charge on any atom is -0.472 e. The summed E-state index contributed by atoms with van der Waals surface area (Å²) < 4.78 is 5.00. The molecule has 0 saturated carbocycles. The van der Waals surface area contributed by atoms with Gasteiger partial charge in [-0.15, -0.1) is 0 Å². The lowest BCUT2D eigenvalue weighted by molar-refractivity contribution is -0.151. The number of piperazine rings is 1. The van der Waals surface area contributed by atoms with Crippen molar-refractivity contribution in [2.45, 2.75) is 39.4 Å². The molecule has 2 unspecified atom stereocenters. The maximum atomic E-state index is 12.2. The summed E-state index contributed by atoms with van der Waals surface area (Å²) in [4.78, 5) is 25.8. The zero-order valence-corrected chi connectivity index (χ0v) is 10.8. The Morgan fingerprint density at radius 2 is 2.17 bits per heavy atom. The van der Waals surface area contributed by atoms with Gasteiger partial charge in [0.1, 0.15) is 12.1 Å². The molecule has 18 heavy (non-hydrogen) atoms. The number of carbonyl (C=O) groups is 2. The highest BCUT2D eigenvalue weighted by atomic mass is 16.3. The first-order valence-corrected chi connectivity index (χ1v) is 6.12. The zero-order chi connectivity index (χ0) is 13.3. The molecule has 5 nitrogen and oxygen atoms in total. The number of nitrogens with zero attached hydrogens (tertiary/aromatic N) is 1. The molecule has 1 aromatic heterocycles. The maximum absolute atomic E-state index is 12.2. The van der Waals surface area contributed by atoms with Crippen molar-refractivity contribution in [1.29, 1.82) is 0 Å². The van der Waals surface area contributed by atoms with Crippen LogP contribution in [-0.2, 0) is 16.1 Å². The molecule has 98 valence electrons. The molecule has 0 spiro atoms. The molecule has 1 aliphatic rings. The number of furan rings is 1. The monoisotopic (exact) mass is 250 g/mol. The smallest absolute Gasteiger partial charge is 0.245 e. The predicted molar refractivity (Wildman–Crippen MR) is 65.5 cm³/mol. The van der Waals surface area contributed by atoms with Crippen molar-refractivity contribution >= 4 is 11.8 Å². The first-order valence-electron chi connectivity index (χ1n) is 6.12. The van der Waals surface area contributed by atoms with Gasteiger partial charge >= 0.3 is 0 Å². The van der Waals surface area contributed by atoms with Crippen molar-refractivity contribution in [3.8, 4) is 0 Å². The topological polar surface area (TPSA) is 62.6 Å². The van der Waals surface area contributed by atoms with Gasteiger partial charge < -0.3 is 14.6 Å². The van der Waals surface area contributed by atoms with Crippen molar-refractivity contribution < 1.29 is 14.0 Å². The highest BCUT2D eigenvalue weighted by Crippen LogP contribution is 2.20. The lowest BCUT2D eigenvalue weighted by atomic mass is 9.97. The van der Waals surface area contributed by atoms with Crippen LogP contribution >= 0.6 is 0 Å². The van der Waals surface area contributed by atoms with Crippen molar-refractivity contribution in [1.82, 2.24) is 10.2 Å². The lowest BCUT2D eigenvalue weighted by Crippen LogP contribution is -2.63. The van der Waals surface area contributed by atoms with Gasteiger partial charge in [-0.05, 0) is 18.9 Å². The SMILES string of the molecule is CC1NC(=O)C(C(C)C)N(Cc2ccoc2)C1=O. The summed E-state index contributed by atoms with van der Waals surface area (Å²) in [6, 6.07) is 0.935. The fourth-order valence-electron chi connectivity index (χ4n) is 2.31. The van der Waals surface area contributed by atoms with E-state index in [1.54, 1.807) is 24.3 Å². The maximum Gasteiger partial charge on any atom is 0.245 e. The minimum atomic E-state index is -0.459. The summed E-state index contributed by atoms with van der Waals surface area (Å²) in [6.07, 6.45) is 3.17. The summed E-state index contributed by atoms with van der Waals surface area (Å²) in [5.74, 6) is -0.0524. The van der Waals surface area contributed by atoms with Crippen molar-refractivity contribution in [2.24, 2.45) is 5.92 Å². The van der Waals surface area contributed by atoms with Crippen LogP contribution in [0.25, 0.3) is 0 Å². The molecule has 1 aromatic rings. The molecule has 2 heterocycles. The summed E-state index contributed by atoms with van der Waals surface area (Å²) in [6.45, 7) is 6.00. The van der Waals surface area contributed by atoms with E-state index in [9.17, 15) is 9.59 Å². The number of hydrogen-bond donors (Lipinski definition) is 1. The van der Waals surface area contributed by atoms with Gasteiger partial charge in [0.05, 0.1) is 12.5 Å². The fraction of sp³-hybridized carbons (Fsp3) is 0.538. The lowest BCUT2D eigenvalue weighted by Gasteiger charge is -2.39. The molecule has 2 atom stereocenters. The van der Waals surface area contributed by atoms with Gasteiger partial charge in [0, 0.05) is 12.1 Å². The van der Waals surface area contributed by atoms with Gasteiger partial charge in [-0.3, -0.25) is 9.59 Å². The second kappa shape index (κ2) is 4.84. The normalized spacial score (nSPS) is 24.6. The van der Waals surface area contributed by atoms with Crippen LogP contribution in [0.2, 0.25) is 0 Å². The van der Waals surface area contributed by atoms with Gasteiger partial charge in [-0.1, -0.05) is 13.8 Å². The quantitative estimate of drug-likeness (QED) is 0.875. The molecule has 2 amide bonds. The van der Waals surface area contributed by atoms with Crippen molar-refractivity contribution in [2.75, 3.05) is 0 Å². The number of amides is 2. The van der Waals surface area contributed by atoms with Gasteiger partial charge in [-0.25, -0.2) is 0 Å². The van der Waals surface area contributed by atoms with E-state index in [2.05, 4.69) is 5.32 Å². The van der Waals surface area contributed by atoms with Crippen LogP contribution in [0, 0.1) is 5.92 Å². The fourth-order valence-corrected chi connectivity index (χ4v) is 2.31. The van der Waals surface area contributed by atoms with Crippen LogP contribution in [-0.4, -0.2) is 28.8 Å². The Balaban J connectivity index is 2.25. The average molecular weight is 250 g/mol. The molecule has 1 N–H and O–H groups in total. The van der Waals surface area contributed by atoms with E-state index >= 15 is 0 Å². The van der Waals surface area contributed by atoms with Crippen LogP contribution in [0.1, 0.15) is 26.3 Å². The largest absolute Gasteiger partial charge is 0.472 e. The number of hydrogen-bond acceptors (Lipinski definition) is 3. The molecule has 1 fully saturated rings. The van der Waals surface area contributed by atoms with Crippen LogP contribution in [0.3, 0.4) is 0 Å². The molecule has 0 aromatic carbocycles. The molecule has 0 radical (unpaired) electrons. The second-order valence-corrected chi connectivity index (χ2v) is 5.02. The van der Waals surface area contributed by atoms with E-state index in [-0.39, 0.29) is 17.7 Å². The number of carbonyl (C=O) groups excluding carboxylic acids is 2. The van der Waals surface area contributed by atoms with Gasteiger partial charge in [0.2, 0.25) is 11.8 Å². The van der Waals surface area contributed by atoms with E-state index < -0.39 is 12.1 Å². The van der Waals surface area contributed by atoms with Crippen LogP contribution in [0.4, 0.5) is 0 Å². The second-order valence-electron chi connectivity index (χ2n) is 5.02. The third kappa shape index (κ3) is 2.25. The number of rotatable bonds is 3. The molecule has 1 saturated heterocycles. The molecular formula is C13H18N2O3. The molecule has 5 heteroatoms. The van der Waals surface area contributed by atoms with E-state index in [4.69, 9.17) is 4.42 Å². The summed E-state index contributed by atoms with van der Waals surface area (Å²) in [5, 5.41) is 2.72. The Hall–Kier alpha value is -1.78. The Bertz CT molecular complexity index is 439. The highest BCUT2D eigenvalue weighted by molar-refractivity contribution is 5.96. The van der Waals surface area contributed by atoms with E-state index in [0.29, 0.717) is 6.54 Å². The first-order chi connectivity index (χ1) is 8.50. The van der Waals surface area contributed by atoms with Gasteiger partial charge in [0.25, 0.3) is 0 Å². The molecular weight excluding hydrogens is 232 g/mol. The van der Waals surface area contributed by atoms with Crippen LogP contribution in [0.5, 0.6) is 0 Å². The van der Waals surface area contributed by atoms with Crippen molar-refractivity contribution in [3.05, 3.63) is 24.2 Å². The zero-order valence-electron chi connectivity index (χ0n) is 10.8. The van der Waals surface area contributed by atoms with Gasteiger partial charge in [-0.2, -0.15) is 0 Å². The molecule has 0 bridgehead atoms.